The Morgan fingerprint density at radius 1 is 1.37 bits per heavy atom. The van der Waals surface area contributed by atoms with Crippen LogP contribution in [0.15, 0.2) is 30.6 Å². The van der Waals surface area contributed by atoms with Crippen LogP contribution in [-0.4, -0.2) is 21.3 Å². The highest BCUT2D eigenvalue weighted by molar-refractivity contribution is 5.71. The van der Waals surface area contributed by atoms with Gasteiger partial charge < -0.3 is 5.11 Å². The van der Waals surface area contributed by atoms with Gasteiger partial charge in [0.05, 0.1) is 12.1 Å². The number of hydrogen-bond acceptors (Lipinski definition) is 3. The van der Waals surface area contributed by atoms with Crippen molar-refractivity contribution in [3.8, 4) is 11.3 Å². The molecule has 2 aromatic rings. The molecule has 0 aliphatic rings. The number of aliphatic carboxylic acids is 1. The average Bonchev–Trinajstić information content (AvgIpc) is 2.32. The summed E-state index contributed by atoms with van der Waals surface area (Å²) in [6.07, 6.45) is 3.10. The minimum Gasteiger partial charge on any atom is -0.481 e. The van der Waals surface area contributed by atoms with Crippen LogP contribution in [0.25, 0.3) is 11.3 Å². The third kappa shape index (κ3) is 2.88. The van der Waals surface area contributed by atoms with E-state index >= 15 is 0 Å². The van der Waals surface area contributed by atoms with E-state index in [1.165, 1.54) is 0 Å². The third-order valence-electron chi connectivity index (χ3n) is 2.88. The predicted molar refractivity (Wildman–Crippen MR) is 67.9 cm³/mol. The minimum absolute atomic E-state index is 0.0292. The van der Waals surface area contributed by atoms with E-state index in [0.717, 1.165) is 21.6 Å². The summed E-state index contributed by atoms with van der Waals surface area (Å²) in [7, 11) is 0. The molecular formula is C14H15N2O3+. The molecule has 19 heavy (non-hydrogen) atoms. The summed E-state index contributed by atoms with van der Waals surface area (Å²) in [6.45, 7) is 3.68. The predicted octanol–water partition coefficient (Wildman–Crippen LogP) is 1.52. The van der Waals surface area contributed by atoms with Gasteiger partial charge in [-0.1, -0.05) is 6.07 Å². The quantitative estimate of drug-likeness (QED) is 0.647. The van der Waals surface area contributed by atoms with Gasteiger partial charge in [-0.15, -0.1) is 0 Å². The lowest BCUT2D eigenvalue weighted by atomic mass is 10.0. The van der Waals surface area contributed by atoms with Crippen molar-refractivity contribution in [2.75, 3.05) is 0 Å². The van der Waals surface area contributed by atoms with E-state index in [1.807, 2.05) is 19.1 Å². The highest BCUT2D eigenvalue weighted by atomic mass is 16.5. The normalized spacial score (nSPS) is 10.4. The molecular weight excluding hydrogens is 244 g/mol. The fourth-order valence-corrected chi connectivity index (χ4v) is 1.96. The fourth-order valence-electron chi connectivity index (χ4n) is 1.96. The van der Waals surface area contributed by atoms with Crippen LogP contribution >= 0.6 is 0 Å². The van der Waals surface area contributed by atoms with Crippen LogP contribution in [0.4, 0.5) is 0 Å². The maximum absolute atomic E-state index is 10.7. The standard InChI is InChI=1S/C14H14N2O3/c1-9-5-11(7-13(17)18)8-15-14(9)12-3-4-16(19)10(2)6-12/h3-6,8H,7H2,1-2H3,(H-,15,17,18,19)/p+1. The maximum Gasteiger partial charge on any atom is 0.307 e. The van der Waals surface area contributed by atoms with Crippen LogP contribution in [-0.2, 0) is 11.2 Å². The first kappa shape index (κ1) is 13.0. The Kier molecular flexibility index (Phi) is 3.46. The van der Waals surface area contributed by atoms with E-state index < -0.39 is 5.97 Å². The van der Waals surface area contributed by atoms with Crippen molar-refractivity contribution >= 4 is 5.97 Å². The van der Waals surface area contributed by atoms with Crippen LogP contribution in [0.3, 0.4) is 0 Å². The van der Waals surface area contributed by atoms with Gasteiger partial charge in [0.25, 0.3) is 0 Å². The Hall–Kier alpha value is -2.43. The Balaban J connectivity index is 2.40. The second kappa shape index (κ2) is 5.06. The molecule has 0 bridgehead atoms. The molecule has 98 valence electrons. The molecule has 5 nitrogen and oxygen atoms in total. The Bertz CT molecular complexity index is 639. The molecule has 0 unspecified atom stereocenters. The molecule has 2 heterocycles. The molecule has 0 amide bonds. The molecule has 0 aromatic carbocycles. The summed E-state index contributed by atoms with van der Waals surface area (Å²) < 4.78 is 1.04. The van der Waals surface area contributed by atoms with Gasteiger partial charge >= 0.3 is 5.97 Å². The molecule has 0 aliphatic carbocycles. The van der Waals surface area contributed by atoms with Gasteiger partial charge in [-0.3, -0.25) is 15.0 Å². The molecule has 0 radical (unpaired) electrons. The fraction of sp³-hybridized carbons (Fsp3) is 0.214. The number of aromatic nitrogens is 2. The van der Waals surface area contributed by atoms with Gasteiger partial charge in [-0.2, -0.15) is 0 Å². The highest BCUT2D eigenvalue weighted by Gasteiger charge is 2.11. The average molecular weight is 259 g/mol. The number of hydrogen-bond donors (Lipinski definition) is 2. The number of carboxylic acid groups (broad SMARTS) is 1. The van der Waals surface area contributed by atoms with E-state index in [-0.39, 0.29) is 6.42 Å². The Morgan fingerprint density at radius 2 is 2.11 bits per heavy atom. The lowest BCUT2D eigenvalue weighted by molar-refractivity contribution is -0.908. The number of carbonyl (C=O) groups is 1. The summed E-state index contributed by atoms with van der Waals surface area (Å²) in [5, 5.41) is 18.2. The van der Waals surface area contributed by atoms with Crippen molar-refractivity contribution < 1.29 is 19.8 Å². The lowest BCUT2D eigenvalue weighted by Gasteiger charge is -2.06. The highest BCUT2D eigenvalue weighted by Crippen LogP contribution is 2.21. The molecule has 2 rings (SSSR count). The van der Waals surface area contributed by atoms with Crippen LogP contribution in [0.5, 0.6) is 0 Å². The minimum atomic E-state index is -0.870. The topological polar surface area (TPSA) is 74.3 Å². The van der Waals surface area contributed by atoms with Gasteiger partial charge in [-0.25, -0.2) is 0 Å². The molecule has 5 heteroatoms. The summed E-state index contributed by atoms with van der Waals surface area (Å²) in [5.41, 5.74) is 3.97. The molecule has 0 fully saturated rings. The van der Waals surface area contributed by atoms with Crippen molar-refractivity contribution in [3.05, 3.63) is 47.4 Å². The van der Waals surface area contributed by atoms with Gasteiger partial charge in [-0.05, 0) is 18.1 Å². The Morgan fingerprint density at radius 3 is 2.68 bits per heavy atom. The zero-order valence-corrected chi connectivity index (χ0v) is 10.8. The van der Waals surface area contributed by atoms with E-state index in [9.17, 15) is 10.0 Å². The number of rotatable bonds is 3. The van der Waals surface area contributed by atoms with E-state index in [1.54, 1.807) is 25.4 Å². The molecule has 2 N–H and O–H groups in total. The zero-order chi connectivity index (χ0) is 14.0. The monoisotopic (exact) mass is 259 g/mol. The van der Waals surface area contributed by atoms with Crippen molar-refractivity contribution in [2.24, 2.45) is 0 Å². The summed E-state index contributed by atoms with van der Waals surface area (Å²) >= 11 is 0. The van der Waals surface area contributed by atoms with Crippen LogP contribution in [0.2, 0.25) is 0 Å². The van der Waals surface area contributed by atoms with Crippen LogP contribution < -0.4 is 4.73 Å². The first-order valence-corrected chi connectivity index (χ1v) is 5.86. The summed E-state index contributed by atoms with van der Waals surface area (Å²) in [6, 6.07) is 5.41. The number of pyridine rings is 2. The maximum atomic E-state index is 10.7. The van der Waals surface area contributed by atoms with E-state index in [4.69, 9.17) is 5.11 Å². The number of carboxylic acids is 1. The van der Waals surface area contributed by atoms with Gasteiger partial charge in [0, 0.05) is 35.5 Å². The van der Waals surface area contributed by atoms with Crippen molar-refractivity contribution in [2.45, 2.75) is 20.3 Å². The molecule has 0 aliphatic heterocycles. The molecule has 0 saturated carbocycles. The SMILES string of the molecule is Cc1cc(CC(=O)O)cnc1-c1cc[n+](O)c(C)c1. The van der Waals surface area contributed by atoms with Crippen LogP contribution in [0, 0.1) is 13.8 Å². The first-order chi connectivity index (χ1) is 8.97. The third-order valence-corrected chi connectivity index (χ3v) is 2.88. The smallest absolute Gasteiger partial charge is 0.307 e. The first-order valence-electron chi connectivity index (χ1n) is 5.86. The van der Waals surface area contributed by atoms with Crippen molar-refractivity contribution in [1.29, 1.82) is 0 Å². The number of nitrogens with zero attached hydrogens (tertiary/aromatic N) is 2. The Labute approximate surface area is 110 Å². The van der Waals surface area contributed by atoms with E-state index in [0.29, 0.717) is 11.3 Å². The lowest BCUT2D eigenvalue weighted by Crippen LogP contribution is -2.32. The van der Waals surface area contributed by atoms with Gasteiger partial charge in [0.2, 0.25) is 11.9 Å². The largest absolute Gasteiger partial charge is 0.481 e. The molecule has 0 saturated heterocycles. The van der Waals surface area contributed by atoms with Gasteiger partial charge in [0.1, 0.15) is 0 Å². The second-order valence-electron chi connectivity index (χ2n) is 4.48. The second-order valence-corrected chi connectivity index (χ2v) is 4.48. The summed E-state index contributed by atoms with van der Waals surface area (Å²) in [4.78, 5) is 15.0. The zero-order valence-electron chi connectivity index (χ0n) is 10.8. The molecule has 0 spiro atoms. The van der Waals surface area contributed by atoms with Gasteiger partial charge in [0.15, 0.2) is 0 Å². The molecule has 2 aromatic heterocycles. The van der Waals surface area contributed by atoms with Crippen molar-refractivity contribution in [3.63, 3.8) is 0 Å². The summed E-state index contributed by atoms with van der Waals surface area (Å²) in [5.74, 6) is -0.870. The van der Waals surface area contributed by atoms with Crippen molar-refractivity contribution in [1.82, 2.24) is 4.98 Å². The van der Waals surface area contributed by atoms with Crippen LogP contribution in [0.1, 0.15) is 16.8 Å². The number of aryl methyl sites for hydroxylation is 2. The van der Waals surface area contributed by atoms with E-state index in [2.05, 4.69) is 4.98 Å². The molecule has 0 atom stereocenters.